The lowest BCUT2D eigenvalue weighted by Crippen LogP contribution is -2.31. The summed E-state index contributed by atoms with van der Waals surface area (Å²) in [6, 6.07) is 2.07. The lowest BCUT2D eigenvalue weighted by Gasteiger charge is -2.20. The van der Waals surface area contributed by atoms with Crippen LogP contribution in [0.5, 0.6) is 0 Å². The third-order valence-corrected chi connectivity index (χ3v) is 3.65. The first kappa shape index (κ1) is 14.5. The van der Waals surface area contributed by atoms with Gasteiger partial charge >= 0.3 is 5.69 Å². The van der Waals surface area contributed by atoms with Crippen molar-refractivity contribution >= 4 is 11.6 Å². The molecule has 0 saturated carbocycles. The van der Waals surface area contributed by atoms with Gasteiger partial charge in [-0.1, -0.05) is 13.0 Å². The maximum atomic E-state index is 12.3. The van der Waals surface area contributed by atoms with Crippen molar-refractivity contribution in [1.82, 2.24) is 14.4 Å². The molecule has 0 aromatic carbocycles. The molecule has 0 N–H and O–H groups in total. The first-order chi connectivity index (χ1) is 9.49. The maximum Gasteiger partial charge on any atom is 0.356 e. The Morgan fingerprint density at radius 3 is 2.45 bits per heavy atom. The van der Waals surface area contributed by atoms with E-state index in [1.54, 1.807) is 4.40 Å². The molecule has 5 nitrogen and oxygen atoms in total. The fourth-order valence-electron chi connectivity index (χ4n) is 2.44. The van der Waals surface area contributed by atoms with E-state index in [1.807, 2.05) is 32.6 Å². The highest BCUT2D eigenvalue weighted by atomic mass is 16.1. The van der Waals surface area contributed by atoms with Crippen molar-refractivity contribution in [2.75, 3.05) is 18.0 Å². The van der Waals surface area contributed by atoms with Gasteiger partial charge in [0.2, 0.25) is 5.95 Å². The van der Waals surface area contributed by atoms with Crippen LogP contribution in [-0.2, 0) is 0 Å². The summed E-state index contributed by atoms with van der Waals surface area (Å²) in [4.78, 5) is 23.1. The molecule has 0 unspecified atom stereocenters. The van der Waals surface area contributed by atoms with Gasteiger partial charge in [0.15, 0.2) is 0 Å². The summed E-state index contributed by atoms with van der Waals surface area (Å²) in [5.74, 6) is 0.533. The first-order valence-corrected chi connectivity index (χ1v) is 7.12. The standard InChI is InChI=1S/C15H22N4O/c1-6-8-18(7-2)14-16-13-11(4)9-10(3)12(5)19(13)15(20)17-14/h9H,6-8H2,1-5H3. The van der Waals surface area contributed by atoms with Gasteiger partial charge in [0.05, 0.1) is 0 Å². The number of nitrogens with zero attached hydrogens (tertiary/aromatic N) is 4. The van der Waals surface area contributed by atoms with E-state index >= 15 is 0 Å². The highest BCUT2D eigenvalue weighted by Crippen LogP contribution is 2.15. The number of fused-ring (bicyclic) bond motifs is 1. The Hall–Kier alpha value is -1.91. The quantitative estimate of drug-likeness (QED) is 0.858. The second-order valence-electron chi connectivity index (χ2n) is 5.14. The molecule has 2 heterocycles. The molecule has 0 radical (unpaired) electrons. The molecule has 0 bridgehead atoms. The predicted octanol–water partition coefficient (Wildman–Crippen LogP) is 2.25. The smallest absolute Gasteiger partial charge is 0.341 e. The average Bonchev–Trinajstić information content (AvgIpc) is 2.41. The first-order valence-electron chi connectivity index (χ1n) is 7.12. The Labute approximate surface area is 119 Å². The van der Waals surface area contributed by atoms with Crippen LogP contribution < -0.4 is 10.6 Å². The van der Waals surface area contributed by atoms with E-state index in [0.29, 0.717) is 11.6 Å². The highest BCUT2D eigenvalue weighted by molar-refractivity contribution is 5.52. The third-order valence-electron chi connectivity index (χ3n) is 3.65. The minimum atomic E-state index is -0.246. The van der Waals surface area contributed by atoms with E-state index in [1.165, 1.54) is 0 Å². The van der Waals surface area contributed by atoms with Crippen molar-refractivity contribution < 1.29 is 0 Å². The molecule has 2 aromatic rings. The van der Waals surface area contributed by atoms with Crippen LogP contribution in [0, 0.1) is 20.8 Å². The van der Waals surface area contributed by atoms with E-state index in [4.69, 9.17) is 0 Å². The molecule has 0 spiro atoms. The van der Waals surface area contributed by atoms with Gasteiger partial charge in [-0.2, -0.15) is 9.97 Å². The molecule has 0 atom stereocenters. The van der Waals surface area contributed by atoms with Crippen molar-refractivity contribution in [3.63, 3.8) is 0 Å². The third kappa shape index (κ3) is 2.40. The summed E-state index contributed by atoms with van der Waals surface area (Å²) in [6.07, 6.45) is 1.00. The molecule has 0 aliphatic carbocycles. The molecule has 0 aliphatic heterocycles. The number of rotatable bonds is 4. The van der Waals surface area contributed by atoms with Crippen molar-refractivity contribution in [3.8, 4) is 0 Å². The number of pyridine rings is 1. The Balaban J connectivity index is 2.72. The number of aromatic nitrogens is 3. The Morgan fingerprint density at radius 1 is 1.15 bits per heavy atom. The largest absolute Gasteiger partial charge is 0.356 e. The van der Waals surface area contributed by atoms with Gasteiger partial charge in [-0.05, 0) is 45.2 Å². The van der Waals surface area contributed by atoms with Gasteiger partial charge < -0.3 is 4.90 Å². The van der Waals surface area contributed by atoms with Crippen LogP contribution in [0.4, 0.5) is 5.95 Å². The summed E-state index contributed by atoms with van der Waals surface area (Å²) in [7, 11) is 0. The summed E-state index contributed by atoms with van der Waals surface area (Å²) in [6.45, 7) is 11.7. The summed E-state index contributed by atoms with van der Waals surface area (Å²) < 4.78 is 1.61. The van der Waals surface area contributed by atoms with Crippen LogP contribution in [0.1, 0.15) is 37.1 Å². The van der Waals surface area contributed by atoms with E-state index in [2.05, 4.69) is 23.0 Å². The molecule has 2 aromatic heterocycles. The Bertz CT molecular complexity index is 690. The lowest BCUT2D eigenvalue weighted by atomic mass is 10.1. The van der Waals surface area contributed by atoms with Gasteiger partial charge in [0.25, 0.3) is 0 Å². The van der Waals surface area contributed by atoms with Crippen LogP contribution in [0.2, 0.25) is 0 Å². The van der Waals surface area contributed by atoms with Gasteiger partial charge in [0.1, 0.15) is 5.65 Å². The zero-order chi connectivity index (χ0) is 14.9. The highest BCUT2D eigenvalue weighted by Gasteiger charge is 2.13. The van der Waals surface area contributed by atoms with Gasteiger partial charge in [-0.25, -0.2) is 9.20 Å². The normalized spacial score (nSPS) is 11.1. The van der Waals surface area contributed by atoms with Gasteiger partial charge in [0, 0.05) is 18.8 Å². The van der Waals surface area contributed by atoms with Crippen LogP contribution in [0.25, 0.3) is 5.65 Å². The van der Waals surface area contributed by atoms with E-state index in [0.717, 1.165) is 36.3 Å². The monoisotopic (exact) mass is 274 g/mol. The maximum absolute atomic E-state index is 12.3. The molecular formula is C15H22N4O. The van der Waals surface area contributed by atoms with Crippen LogP contribution in [0.15, 0.2) is 10.9 Å². The molecule has 0 saturated heterocycles. The number of aryl methyl sites for hydroxylation is 3. The second kappa shape index (κ2) is 5.61. The van der Waals surface area contributed by atoms with E-state index < -0.39 is 0 Å². The molecular weight excluding hydrogens is 252 g/mol. The van der Waals surface area contributed by atoms with Gasteiger partial charge in [-0.3, -0.25) is 0 Å². The van der Waals surface area contributed by atoms with Gasteiger partial charge in [-0.15, -0.1) is 0 Å². The van der Waals surface area contributed by atoms with Crippen molar-refractivity contribution in [1.29, 1.82) is 0 Å². The number of anilines is 1. The van der Waals surface area contributed by atoms with Crippen LogP contribution in [0.3, 0.4) is 0 Å². The SMILES string of the molecule is CCCN(CC)c1nc(=O)n2c(C)c(C)cc(C)c2n1. The van der Waals surface area contributed by atoms with Crippen molar-refractivity contribution in [2.24, 2.45) is 0 Å². The van der Waals surface area contributed by atoms with Crippen molar-refractivity contribution in [3.05, 3.63) is 33.4 Å². The molecule has 2 rings (SSSR count). The summed E-state index contributed by atoms with van der Waals surface area (Å²) >= 11 is 0. The Morgan fingerprint density at radius 2 is 1.85 bits per heavy atom. The van der Waals surface area contributed by atoms with E-state index in [9.17, 15) is 4.79 Å². The summed E-state index contributed by atoms with van der Waals surface area (Å²) in [5, 5.41) is 0. The number of hydrogen-bond donors (Lipinski definition) is 0. The lowest BCUT2D eigenvalue weighted by molar-refractivity contribution is 0.747. The molecule has 20 heavy (non-hydrogen) atoms. The fourth-order valence-corrected chi connectivity index (χ4v) is 2.44. The fraction of sp³-hybridized carbons (Fsp3) is 0.533. The van der Waals surface area contributed by atoms with E-state index in [-0.39, 0.29) is 5.69 Å². The van der Waals surface area contributed by atoms with Crippen LogP contribution in [-0.4, -0.2) is 27.5 Å². The minimum absolute atomic E-state index is 0.246. The minimum Gasteiger partial charge on any atom is -0.341 e. The molecule has 0 amide bonds. The number of hydrogen-bond acceptors (Lipinski definition) is 4. The van der Waals surface area contributed by atoms with Crippen LogP contribution >= 0.6 is 0 Å². The second-order valence-corrected chi connectivity index (χ2v) is 5.14. The molecule has 0 fully saturated rings. The Kier molecular flexibility index (Phi) is 4.06. The zero-order valence-electron chi connectivity index (χ0n) is 12.9. The molecule has 0 aliphatic rings. The zero-order valence-corrected chi connectivity index (χ0v) is 12.9. The average molecular weight is 274 g/mol. The summed E-state index contributed by atoms with van der Waals surface area (Å²) in [5.41, 5.74) is 3.44. The molecule has 5 heteroatoms. The van der Waals surface area contributed by atoms with Crippen molar-refractivity contribution in [2.45, 2.75) is 41.0 Å². The topological polar surface area (TPSA) is 50.5 Å². The molecule has 108 valence electrons. The predicted molar refractivity (Wildman–Crippen MR) is 81.6 cm³/mol.